The number of ether oxygens (including phenoxy) is 1. The van der Waals surface area contributed by atoms with Crippen LogP contribution in [0.1, 0.15) is 49.0 Å². The second-order valence-electron chi connectivity index (χ2n) is 11.9. The number of anilines is 2. The van der Waals surface area contributed by atoms with Crippen molar-refractivity contribution in [2.45, 2.75) is 65.6 Å². The van der Waals surface area contributed by atoms with Gasteiger partial charge in [0, 0.05) is 36.9 Å². The number of nitrogen functional groups attached to an aromatic ring is 1. The molecule has 294 valence electrons. The number of rotatable bonds is 17. The molecule has 0 unspecified atom stereocenters. The molecule has 0 aliphatic rings. The number of hydrogen-bond acceptors (Lipinski definition) is 12. The number of carbonyl (C=O) groups excluding carboxylic acids is 4. The number of urea groups is 1. The Hall–Kier alpha value is -4.47. The van der Waals surface area contributed by atoms with Crippen molar-refractivity contribution in [2.75, 3.05) is 35.4 Å². The Morgan fingerprint density at radius 2 is 1.67 bits per heavy atom. The summed E-state index contributed by atoms with van der Waals surface area (Å²) in [6.45, 7) is 1.79. The number of benzene rings is 2. The Balaban J connectivity index is 1.82. The number of halogens is 3. The number of alkyl halides is 3. The van der Waals surface area contributed by atoms with Crippen molar-refractivity contribution >= 4 is 83.9 Å². The summed E-state index contributed by atoms with van der Waals surface area (Å²) in [4.78, 5) is 48.1. The third-order valence-electron chi connectivity index (χ3n) is 7.41. The maximum absolute atomic E-state index is 13.8. The van der Waals surface area contributed by atoms with Crippen LogP contribution in [-0.4, -0.2) is 77.5 Å². The van der Waals surface area contributed by atoms with E-state index in [0.717, 1.165) is 17.6 Å². The molecule has 1 heterocycles. The number of esters is 2. The molecule has 1 aromatic heterocycles. The first-order chi connectivity index (χ1) is 25.1. The molecule has 0 fully saturated rings. The molecular weight excluding hydrogens is 796 g/mol. The Labute approximate surface area is 318 Å². The highest BCUT2D eigenvalue weighted by Crippen LogP contribution is 2.40. The lowest BCUT2D eigenvalue weighted by Crippen LogP contribution is -2.29. The standard InChI is InChI=1S/C33H38F3N5O9S4/c1-19-15-21(40-32(45)39-13-6-4-5-12-27(43)50-31(44)33(34,35)36)17-23(41-26(42)11-8-14-53(3,46)47)28(19)20-9-7-10-22(16-20)54(48,49)25-18-24(29(37)38)52-30(25)51-2/h7,9-10,15-18H,4-6,8,11-14H2,1-3H3,(H3,37,38)(H,41,42)(H2,39,40,45). The van der Waals surface area contributed by atoms with Gasteiger partial charge in [0.25, 0.3) is 0 Å². The van der Waals surface area contributed by atoms with Gasteiger partial charge < -0.3 is 26.4 Å². The quantitative estimate of drug-likeness (QED) is 0.0279. The van der Waals surface area contributed by atoms with Crippen LogP contribution < -0.4 is 21.7 Å². The van der Waals surface area contributed by atoms with E-state index in [2.05, 4.69) is 20.7 Å². The van der Waals surface area contributed by atoms with Gasteiger partial charge in [-0.15, -0.1) is 23.1 Å². The first-order valence-corrected chi connectivity index (χ1v) is 21.6. The predicted octanol–water partition coefficient (Wildman–Crippen LogP) is 5.64. The van der Waals surface area contributed by atoms with E-state index in [1.165, 1.54) is 42.1 Å². The monoisotopic (exact) mass is 833 g/mol. The zero-order valence-electron chi connectivity index (χ0n) is 29.2. The van der Waals surface area contributed by atoms with E-state index in [-0.39, 0.29) is 58.6 Å². The molecule has 0 aliphatic carbocycles. The first kappa shape index (κ1) is 43.9. The van der Waals surface area contributed by atoms with E-state index in [1.807, 2.05) is 0 Å². The van der Waals surface area contributed by atoms with Gasteiger partial charge in [-0.05, 0) is 73.9 Å². The summed E-state index contributed by atoms with van der Waals surface area (Å²) in [5, 5.41) is 15.7. The van der Waals surface area contributed by atoms with Crippen LogP contribution in [0, 0.1) is 12.3 Å². The Morgan fingerprint density at radius 1 is 0.963 bits per heavy atom. The topological polar surface area (TPSA) is 232 Å². The van der Waals surface area contributed by atoms with Crippen molar-refractivity contribution in [3.8, 4) is 11.1 Å². The summed E-state index contributed by atoms with van der Waals surface area (Å²) >= 11 is 2.28. The van der Waals surface area contributed by atoms with Crippen molar-refractivity contribution in [3.05, 3.63) is 52.9 Å². The number of nitrogens with two attached hydrogens (primary N) is 1. The smallest absolute Gasteiger partial charge is 0.386 e. The highest BCUT2D eigenvalue weighted by molar-refractivity contribution is 8.01. The average molecular weight is 834 g/mol. The normalized spacial score (nSPS) is 11.8. The lowest BCUT2D eigenvalue weighted by molar-refractivity contribution is -0.201. The molecule has 2 aromatic carbocycles. The maximum atomic E-state index is 13.8. The van der Waals surface area contributed by atoms with Crippen molar-refractivity contribution < 1.29 is 53.9 Å². The van der Waals surface area contributed by atoms with Crippen LogP contribution in [-0.2, 0) is 38.8 Å². The molecule has 3 rings (SSSR count). The SMILES string of the molecule is CSc1sc(C(=N)N)cc1S(=O)(=O)c1cccc(-c2c(C)cc(NC(=O)NCCCCCC(=O)OC(=O)C(F)(F)F)cc2NC(=O)CCCS(C)(=O)=O)c1. The largest absolute Gasteiger partial charge is 0.491 e. The van der Waals surface area contributed by atoms with Crippen LogP contribution in [0.4, 0.5) is 29.3 Å². The zero-order chi connectivity index (χ0) is 40.4. The summed E-state index contributed by atoms with van der Waals surface area (Å²) < 4.78 is 91.7. The summed E-state index contributed by atoms with van der Waals surface area (Å²) in [7, 11) is -7.43. The third kappa shape index (κ3) is 12.8. The maximum Gasteiger partial charge on any atom is 0.491 e. The molecule has 0 spiro atoms. The van der Waals surface area contributed by atoms with E-state index in [9.17, 15) is 49.2 Å². The van der Waals surface area contributed by atoms with Crippen LogP contribution in [0.2, 0.25) is 0 Å². The van der Waals surface area contributed by atoms with Gasteiger partial charge in [0.05, 0.1) is 30.3 Å². The molecule has 3 amide bonds. The van der Waals surface area contributed by atoms with Gasteiger partial charge in [-0.25, -0.2) is 26.4 Å². The number of aryl methyl sites for hydroxylation is 1. The van der Waals surface area contributed by atoms with Gasteiger partial charge in [-0.1, -0.05) is 18.6 Å². The first-order valence-electron chi connectivity index (χ1n) is 16.0. The van der Waals surface area contributed by atoms with Crippen LogP contribution in [0.3, 0.4) is 0 Å². The highest BCUT2D eigenvalue weighted by atomic mass is 32.2. The van der Waals surface area contributed by atoms with Gasteiger partial charge in [0.2, 0.25) is 15.7 Å². The fraction of sp³-hybridized carbons (Fsp3) is 0.364. The van der Waals surface area contributed by atoms with E-state index >= 15 is 0 Å². The molecule has 0 aliphatic heterocycles. The Kier molecular flexibility index (Phi) is 15.2. The number of unbranched alkanes of at least 4 members (excludes halogenated alkanes) is 2. The molecule has 14 nitrogen and oxygen atoms in total. The lowest BCUT2D eigenvalue weighted by Gasteiger charge is -2.18. The fourth-order valence-electron chi connectivity index (χ4n) is 4.97. The molecule has 6 N–H and O–H groups in total. The number of thioether (sulfide) groups is 1. The summed E-state index contributed by atoms with van der Waals surface area (Å²) in [6.07, 6.45) is -2.30. The van der Waals surface area contributed by atoms with Gasteiger partial charge in [-0.2, -0.15) is 13.2 Å². The van der Waals surface area contributed by atoms with Crippen molar-refractivity contribution in [1.29, 1.82) is 5.41 Å². The van der Waals surface area contributed by atoms with Crippen LogP contribution in [0.25, 0.3) is 11.1 Å². The molecular formula is C33H38F3N5O9S4. The summed E-state index contributed by atoms with van der Waals surface area (Å²) in [5.74, 6) is -4.93. The van der Waals surface area contributed by atoms with Crippen molar-refractivity contribution in [3.63, 3.8) is 0 Å². The Bertz CT molecular complexity index is 2140. The summed E-state index contributed by atoms with van der Waals surface area (Å²) in [6, 6.07) is 9.75. The third-order valence-corrected chi connectivity index (χ3v) is 12.8. The minimum atomic E-state index is -5.28. The van der Waals surface area contributed by atoms with Gasteiger partial charge in [0.1, 0.15) is 15.7 Å². The molecule has 0 atom stereocenters. The van der Waals surface area contributed by atoms with E-state index in [1.54, 1.807) is 25.3 Å². The van der Waals surface area contributed by atoms with Crippen molar-refractivity contribution in [2.24, 2.45) is 5.73 Å². The number of amidine groups is 1. The van der Waals surface area contributed by atoms with Crippen LogP contribution in [0.5, 0.6) is 0 Å². The van der Waals surface area contributed by atoms with Gasteiger partial charge >= 0.3 is 24.1 Å². The van der Waals surface area contributed by atoms with E-state index in [4.69, 9.17) is 11.1 Å². The highest BCUT2D eigenvalue weighted by Gasteiger charge is 2.42. The molecule has 0 radical (unpaired) electrons. The molecule has 3 aromatic rings. The second-order valence-corrected chi connectivity index (χ2v) is 18.2. The second kappa shape index (κ2) is 18.7. The number of hydrogen-bond donors (Lipinski definition) is 5. The van der Waals surface area contributed by atoms with Crippen LogP contribution >= 0.6 is 23.1 Å². The van der Waals surface area contributed by atoms with Gasteiger partial charge in [-0.3, -0.25) is 15.0 Å². The number of thiophene rings is 1. The van der Waals surface area contributed by atoms with E-state index in [0.29, 0.717) is 38.6 Å². The molecule has 0 bridgehead atoms. The number of nitrogens with one attached hydrogen (secondary N) is 4. The molecule has 0 saturated carbocycles. The fourth-order valence-corrected chi connectivity index (χ4v) is 9.55. The number of carbonyl (C=O) groups is 4. The van der Waals surface area contributed by atoms with Crippen molar-refractivity contribution in [1.82, 2.24) is 5.32 Å². The number of sulfone groups is 2. The van der Waals surface area contributed by atoms with Gasteiger partial charge in [0.15, 0.2) is 0 Å². The predicted molar refractivity (Wildman–Crippen MR) is 199 cm³/mol. The zero-order valence-corrected chi connectivity index (χ0v) is 32.5. The minimum absolute atomic E-state index is 0.0102. The molecule has 0 saturated heterocycles. The average Bonchev–Trinajstić information content (AvgIpc) is 3.51. The van der Waals surface area contributed by atoms with Crippen LogP contribution in [0.15, 0.2) is 56.5 Å². The Morgan fingerprint density at radius 3 is 2.30 bits per heavy atom. The minimum Gasteiger partial charge on any atom is -0.386 e. The summed E-state index contributed by atoms with van der Waals surface area (Å²) in [5.41, 5.74) is 7.39. The molecule has 21 heteroatoms. The number of amides is 3. The lowest BCUT2D eigenvalue weighted by atomic mass is 9.97. The van der Waals surface area contributed by atoms with E-state index < -0.39 is 56.1 Å². The molecule has 54 heavy (non-hydrogen) atoms.